The highest BCUT2D eigenvalue weighted by Crippen LogP contribution is 2.27. The van der Waals surface area contributed by atoms with E-state index in [1.165, 1.54) is 0 Å². The van der Waals surface area contributed by atoms with E-state index in [-0.39, 0.29) is 11.9 Å². The van der Waals surface area contributed by atoms with Crippen molar-refractivity contribution in [3.63, 3.8) is 0 Å². The number of amides is 1. The summed E-state index contributed by atoms with van der Waals surface area (Å²) in [6.45, 7) is 5.19. The summed E-state index contributed by atoms with van der Waals surface area (Å²) in [6, 6.07) is 5.87. The van der Waals surface area contributed by atoms with Crippen LogP contribution < -0.4 is 5.32 Å². The van der Waals surface area contributed by atoms with Gasteiger partial charge >= 0.3 is 0 Å². The van der Waals surface area contributed by atoms with Gasteiger partial charge in [0.1, 0.15) is 0 Å². The van der Waals surface area contributed by atoms with Gasteiger partial charge in [0, 0.05) is 24.7 Å². The number of nitrogens with zero attached hydrogens (tertiary/aromatic N) is 1. The Balaban J connectivity index is 2.28. The molecule has 0 saturated carbocycles. The lowest BCUT2D eigenvalue weighted by Crippen LogP contribution is -2.30. The first-order chi connectivity index (χ1) is 8.54. The lowest BCUT2D eigenvalue weighted by atomic mass is 10.0. The highest BCUT2D eigenvalue weighted by atomic mass is 16.3. The molecular weight excluding hydrogens is 228 g/mol. The van der Waals surface area contributed by atoms with Crippen LogP contribution in [0, 0.1) is 0 Å². The van der Waals surface area contributed by atoms with Gasteiger partial charge in [0.15, 0.2) is 0 Å². The Morgan fingerprint density at radius 1 is 1.44 bits per heavy atom. The number of rotatable bonds is 4. The van der Waals surface area contributed by atoms with Gasteiger partial charge in [-0.3, -0.25) is 4.79 Å². The van der Waals surface area contributed by atoms with Crippen LogP contribution in [0.3, 0.4) is 0 Å². The fourth-order valence-electron chi connectivity index (χ4n) is 2.28. The van der Waals surface area contributed by atoms with Crippen molar-refractivity contribution >= 4 is 5.91 Å². The van der Waals surface area contributed by atoms with E-state index in [9.17, 15) is 9.90 Å². The van der Waals surface area contributed by atoms with Crippen LogP contribution in [0.2, 0.25) is 0 Å². The molecule has 0 aliphatic carbocycles. The lowest BCUT2D eigenvalue weighted by molar-refractivity contribution is 0.0730. The highest BCUT2D eigenvalue weighted by Gasteiger charge is 2.29. The van der Waals surface area contributed by atoms with E-state index in [4.69, 9.17) is 0 Å². The molecule has 0 saturated heterocycles. The number of benzene rings is 1. The summed E-state index contributed by atoms with van der Waals surface area (Å²) in [6.07, 6.45) is -0.568. The maximum atomic E-state index is 12.2. The Morgan fingerprint density at radius 2 is 2.17 bits per heavy atom. The molecule has 2 N–H and O–H groups in total. The largest absolute Gasteiger partial charge is 0.387 e. The van der Waals surface area contributed by atoms with Gasteiger partial charge < -0.3 is 15.3 Å². The van der Waals surface area contributed by atoms with Crippen LogP contribution in [0.5, 0.6) is 0 Å². The van der Waals surface area contributed by atoms with Crippen molar-refractivity contribution < 1.29 is 9.90 Å². The summed E-state index contributed by atoms with van der Waals surface area (Å²) in [5.74, 6) is 0.0681. The van der Waals surface area contributed by atoms with E-state index < -0.39 is 6.10 Å². The number of nitrogens with one attached hydrogen (secondary N) is 1. The lowest BCUT2D eigenvalue weighted by Gasteiger charge is -2.19. The molecule has 1 amide bonds. The molecule has 0 bridgehead atoms. The summed E-state index contributed by atoms with van der Waals surface area (Å²) in [5, 5.41) is 12.9. The number of aliphatic hydroxyl groups is 1. The van der Waals surface area contributed by atoms with Crippen LogP contribution in [0.15, 0.2) is 18.2 Å². The SMILES string of the molecule is CNCC(O)c1ccc2c(c1)C(=O)N(C(C)C)C2. The van der Waals surface area contributed by atoms with Gasteiger partial charge in [-0.05, 0) is 38.1 Å². The Labute approximate surface area is 108 Å². The van der Waals surface area contributed by atoms with Gasteiger partial charge in [0.05, 0.1) is 6.10 Å². The second-order valence-corrected chi connectivity index (χ2v) is 5.02. The van der Waals surface area contributed by atoms with Crippen molar-refractivity contribution in [2.75, 3.05) is 13.6 Å². The van der Waals surface area contributed by atoms with Crippen LogP contribution in [-0.2, 0) is 6.54 Å². The number of fused-ring (bicyclic) bond motifs is 1. The minimum atomic E-state index is -0.568. The summed E-state index contributed by atoms with van der Waals surface area (Å²) < 4.78 is 0. The first-order valence-corrected chi connectivity index (χ1v) is 6.31. The van der Waals surface area contributed by atoms with Crippen LogP contribution in [0.25, 0.3) is 0 Å². The van der Waals surface area contributed by atoms with Gasteiger partial charge in [-0.1, -0.05) is 12.1 Å². The molecule has 2 rings (SSSR count). The summed E-state index contributed by atoms with van der Waals surface area (Å²) in [5.41, 5.74) is 2.58. The molecule has 1 atom stereocenters. The Bertz CT molecular complexity index is 457. The molecule has 4 heteroatoms. The molecule has 1 aliphatic rings. The maximum absolute atomic E-state index is 12.2. The highest BCUT2D eigenvalue weighted by molar-refractivity contribution is 5.98. The molecule has 18 heavy (non-hydrogen) atoms. The number of aliphatic hydroxyl groups excluding tert-OH is 1. The van der Waals surface area contributed by atoms with Crippen molar-refractivity contribution in [2.24, 2.45) is 0 Å². The third-order valence-electron chi connectivity index (χ3n) is 3.37. The second kappa shape index (κ2) is 5.08. The molecule has 0 spiro atoms. The zero-order valence-electron chi connectivity index (χ0n) is 11.1. The molecule has 98 valence electrons. The topological polar surface area (TPSA) is 52.6 Å². The zero-order chi connectivity index (χ0) is 13.3. The minimum Gasteiger partial charge on any atom is -0.387 e. The molecule has 1 aliphatic heterocycles. The van der Waals surface area contributed by atoms with Crippen LogP contribution >= 0.6 is 0 Å². The zero-order valence-corrected chi connectivity index (χ0v) is 11.1. The van der Waals surface area contributed by atoms with Crippen molar-refractivity contribution in [3.05, 3.63) is 34.9 Å². The average Bonchev–Trinajstić information content (AvgIpc) is 2.67. The minimum absolute atomic E-state index is 0.0681. The van der Waals surface area contributed by atoms with E-state index in [1.807, 2.05) is 36.9 Å². The van der Waals surface area contributed by atoms with Crippen LogP contribution in [0.1, 0.15) is 41.4 Å². The first-order valence-electron chi connectivity index (χ1n) is 6.31. The summed E-state index contributed by atoms with van der Waals surface area (Å²) in [7, 11) is 1.79. The van der Waals surface area contributed by atoms with Gasteiger partial charge in [-0.15, -0.1) is 0 Å². The fraction of sp³-hybridized carbons (Fsp3) is 0.500. The Hall–Kier alpha value is -1.39. The fourth-order valence-corrected chi connectivity index (χ4v) is 2.28. The summed E-state index contributed by atoms with van der Waals surface area (Å²) >= 11 is 0. The van der Waals surface area contributed by atoms with Crippen molar-refractivity contribution in [3.8, 4) is 0 Å². The average molecular weight is 248 g/mol. The molecule has 1 aromatic rings. The first kappa shape index (κ1) is 13.1. The number of carbonyl (C=O) groups excluding carboxylic acids is 1. The number of carbonyl (C=O) groups is 1. The van der Waals surface area contributed by atoms with Gasteiger partial charge in [-0.2, -0.15) is 0 Å². The predicted molar refractivity (Wildman–Crippen MR) is 70.3 cm³/mol. The summed E-state index contributed by atoms with van der Waals surface area (Å²) in [4.78, 5) is 14.0. The third kappa shape index (κ3) is 2.26. The maximum Gasteiger partial charge on any atom is 0.254 e. The van der Waals surface area contributed by atoms with Crippen molar-refractivity contribution in [1.82, 2.24) is 10.2 Å². The molecule has 0 aromatic heterocycles. The Morgan fingerprint density at radius 3 is 2.78 bits per heavy atom. The third-order valence-corrected chi connectivity index (χ3v) is 3.37. The van der Waals surface area contributed by atoms with Crippen LogP contribution in [0.4, 0.5) is 0 Å². The molecular formula is C14H20N2O2. The van der Waals surface area contributed by atoms with Crippen molar-refractivity contribution in [1.29, 1.82) is 0 Å². The molecule has 1 unspecified atom stereocenters. The predicted octanol–water partition coefficient (Wildman–Crippen LogP) is 1.30. The van der Waals surface area contributed by atoms with E-state index >= 15 is 0 Å². The Kier molecular flexibility index (Phi) is 3.68. The molecule has 1 aromatic carbocycles. The van der Waals surface area contributed by atoms with Gasteiger partial charge in [-0.25, -0.2) is 0 Å². The number of hydrogen-bond donors (Lipinski definition) is 2. The molecule has 0 radical (unpaired) electrons. The van der Waals surface area contributed by atoms with Crippen LogP contribution in [-0.4, -0.2) is 35.5 Å². The molecule has 0 fully saturated rings. The quantitative estimate of drug-likeness (QED) is 0.844. The number of hydrogen-bond acceptors (Lipinski definition) is 3. The van der Waals surface area contributed by atoms with E-state index in [1.54, 1.807) is 7.05 Å². The van der Waals surface area contributed by atoms with E-state index in [0.29, 0.717) is 13.1 Å². The monoisotopic (exact) mass is 248 g/mol. The van der Waals surface area contributed by atoms with E-state index in [2.05, 4.69) is 5.32 Å². The normalized spacial score (nSPS) is 16.3. The van der Waals surface area contributed by atoms with Gasteiger partial charge in [0.2, 0.25) is 0 Å². The standard InChI is InChI=1S/C14H20N2O2/c1-9(2)16-8-11-5-4-10(13(17)7-15-3)6-12(11)14(16)18/h4-6,9,13,15,17H,7-8H2,1-3H3. The smallest absolute Gasteiger partial charge is 0.254 e. The van der Waals surface area contributed by atoms with Crippen molar-refractivity contribution in [2.45, 2.75) is 32.5 Å². The number of likely N-dealkylation sites (N-methyl/N-ethyl adjacent to an activating group) is 1. The van der Waals surface area contributed by atoms with E-state index in [0.717, 1.165) is 16.7 Å². The van der Waals surface area contributed by atoms with Gasteiger partial charge in [0.25, 0.3) is 5.91 Å². The molecule has 1 heterocycles. The second-order valence-electron chi connectivity index (χ2n) is 5.02. The molecule has 4 nitrogen and oxygen atoms in total.